The molecule has 286 valence electrons. The van der Waals surface area contributed by atoms with Gasteiger partial charge in [-0.2, -0.15) is 0 Å². The number of ketones is 1. The van der Waals surface area contributed by atoms with Crippen LogP contribution in [0.1, 0.15) is 60.3 Å². The van der Waals surface area contributed by atoms with Gasteiger partial charge in [0.1, 0.15) is 42.7 Å². The van der Waals surface area contributed by atoms with Crippen LogP contribution in [-0.4, -0.2) is 152 Å². The second-order valence-electron chi connectivity index (χ2n) is 14.5. The molecule has 0 spiro atoms. The maximum atomic E-state index is 13.3. The molecule has 4 heterocycles. The molecule has 3 saturated heterocycles. The molecule has 0 aromatic carbocycles. The first-order valence-electron chi connectivity index (χ1n) is 17.8. The van der Waals surface area contributed by atoms with Crippen LogP contribution in [0.2, 0.25) is 0 Å². The van der Waals surface area contributed by atoms with Gasteiger partial charge in [0.25, 0.3) is 0 Å². The fourth-order valence-corrected chi connectivity index (χ4v) is 7.15. The number of rotatable bonds is 9. The second kappa shape index (κ2) is 17.8. The maximum Gasteiger partial charge on any atom is 0.330 e. The smallest absolute Gasteiger partial charge is 0.330 e. The highest BCUT2D eigenvalue weighted by Gasteiger charge is 2.59. The molecule has 0 amide bonds. The molecule has 14 heteroatoms. The Morgan fingerprint density at radius 1 is 0.920 bits per heavy atom. The van der Waals surface area contributed by atoms with E-state index < -0.39 is 79.1 Å². The molecule has 4 aliphatic heterocycles. The minimum absolute atomic E-state index is 0.113. The predicted octanol–water partition coefficient (Wildman–Crippen LogP) is 1.52. The number of esters is 1. The minimum Gasteiger partial charge on any atom is -0.456 e. The van der Waals surface area contributed by atoms with Crippen molar-refractivity contribution in [2.45, 2.75) is 146 Å². The van der Waals surface area contributed by atoms with Gasteiger partial charge >= 0.3 is 5.97 Å². The van der Waals surface area contributed by atoms with Crippen molar-refractivity contribution in [3.63, 3.8) is 0 Å². The summed E-state index contributed by atoms with van der Waals surface area (Å²) in [5, 5.41) is 33.9. The molecule has 3 fully saturated rings. The van der Waals surface area contributed by atoms with E-state index >= 15 is 0 Å². The first-order chi connectivity index (χ1) is 23.6. The number of aliphatic hydroxyl groups is 3. The number of likely N-dealkylation sites (N-methyl/N-ethyl adjacent to an activating group) is 1. The molecule has 0 aromatic heterocycles. The molecule has 14 nitrogen and oxygen atoms in total. The van der Waals surface area contributed by atoms with E-state index in [0.717, 1.165) is 0 Å². The summed E-state index contributed by atoms with van der Waals surface area (Å²) in [5.74, 6) is -1.49. The van der Waals surface area contributed by atoms with E-state index in [0.29, 0.717) is 19.3 Å². The van der Waals surface area contributed by atoms with Crippen LogP contribution < -0.4 is 0 Å². The number of aliphatic hydroxyl groups excluding tert-OH is 2. The average molecular weight is 714 g/mol. The summed E-state index contributed by atoms with van der Waals surface area (Å²) in [4.78, 5) is 28.5. The monoisotopic (exact) mass is 713 g/mol. The lowest BCUT2D eigenvalue weighted by Gasteiger charge is -2.43. The van der Waals surface area contributed by atoms with Crippen LogP contribution >= 0.6 is 0 Å². The predicted molar refractivity (Wildman–Crippen MR) is 180 cm³/mol. The van der Waals surface area contributed by atoms with Gasteiger partial charge in [-0.05, 0) is 65.8 Å². The van der Waals surface area contributed by atoms with Gasteiger partial charge in [-0.15, -0.1) is 0 Å². The van der Waals surface area contributed by atoms with Gasteiger partial charge in [-0.1, -0.05) is 26.8 Å². The van der Waals surface area contributed by atoms with E-state index in [1.165, 1.54) is 26.4 Å². The summed E-state index contributed by atoms with van der Waals surface area (Å²) in [6.45, 7) is 8.72. The molecular formula is C36H59NO13. The lowest BCUT2D eigenvalue weighted by Crippen LogP contribution is -2.60. The van der Waals surface area contributed by atoms with E-state index in [9.17, 15) is 24.9 Å². The topological polar surface area (TPSA) is 175 Å². The quantitative estimate of drug-likeness (QED) is 0.232. The summed E-state index contributed by atoms with van der Waals surface area (Å²) in [6.07, 6.45) is -1.38. The molecule has 3 N–H and O–H groups in total. The number of methoxy groups -OCH3 is 2. The lowest BCUT2D eigenvalue weighted by molar-refractivity contribution is -0.313. The van der Waals surface area contributed by atoms with Crippen molar-refractivity contribution in [2.75, 3.05) is 34.9 Å². The molecule has 0 saturated carbocycles. The number of epoxide rings is 1. The summed E-state index contributed by atoms with van der Waals surface area (Å²) in [5.41, 5.74) is -1.85. The van der Waals surface area contributed by atoms with Crippen molar-refractivity contribution in [1.82, 2.24) is 4.90 Å². The lowest BCUT2D eigenvalue weighted by atomic mass is 9.89. The highest BCUT2D eigenvalue weighted by molar-refractivity contribution is 5.91. The molecule has 50 heavy (non-hydrogen) atoms. The molecular weight excluding hydrogens is 654 g/mol. The zero-order valence-corrected chi connectivity index (χ0v) is 30.9. The Bertz CT molecular complexity index is 1180. The molecule has 4 rings (SSSR count). The van der Waals surface area contributed by atoms with Crippen LogP contribution in [0, 0.1) is 11.8 Å². The second-order valence-corrected chi connectivity index (χ2v) is 14.5. The van der Waals surface area contributed by atoms with Gasteiger partial charge in [0.15, 0.2) is 24.0 Å². The average Bonchev–Trinajstić information content (AvgIpc) is 3.87. The van der Waals surface area contributed by atoms with Crippen molar-refractivity contribution < 1.29 is 62.8 Å². The van der Waals surface area contributed by atoms with Crippen molar-refractivity contribution in [2.24, 2.45) is 11.8 Å². The van der Waals surface area contributed by atoms with Crippen molar-refractivity contribution in [3.05, 3.63) is 24.3 Å². The summed E-state index contributed by atoms with van der Waals surface area (Å²) >= 11 is 0. The first kappa shape index (κ1) is 40.9. The Morgan fingerprint density at radius 2 is 1.62 bits per heavy atom. The number of hydrogen-bond donors (Lipinski definition) is 3. The van der Waals surface area contributed by atoms with Crippen molar-refractivity contribution in [1.29, 1.82) is 0 Å². The van der Waals surface area contributed by atoms with Crippen molar-refractivity contribution in [3.8, 4) is 0 Å². The van der Waals surface area contributed by atoms with E-state index in [4.69, 9.17) is 37.9 Å². The molecule has 0 aliphatic carbocycles. The zero-order valence-electron chi connectivity index (χ0n) is 30.9. The van der Waals surface area contributed by atoms with Gasteiger partial charge in [0, 0.05) is 38.2 Å². The minimum atomic E-state index is -1.85. The number of cyclic esters (lactones) is 1. The van der Waals surface area contributed by atoms with Gasteiger partial charge in [-0.25, -0.2) is 4.79 Å². The summed E-state index contributed by atoms with van der Waals surface area (Å²) < 4.78 is 47.2. The fraction of sp³-hybridized carbons (Fsp3) is 0.833. The van der Waals surface area contributed by atoms with Crippen LogP contribution in [0.4, 0.5) is 0 Å². The third-order valence-corrected chi connectivity index (χ3v) is 10.5. The number of fused-ring (bicyclic) bond motifs is 1. The standard InChI is InChI=1S/C36H59NO13/c1-10-27-36(42,18-45-35-32(44-9)31(43-8)29(40)22(5)47-35)33-26(48-33)15-13-24(38)19(2)11-14-25(20(3)12-16-28(39)50-27)49-34-30(41)23(37(6)7)17-21(4)46-34/h12-13,15-16,19-23,25-27,29-35,40-42H,10-11,14,17-18H2,1-9H3/b15-13-,16-12-/t19-,20+,21?,22-,23+,25+,26-,27?,29-,30-,31-,32-,33-,34+,35-,36+/m1/s1. The van der Waals surface area contributed by atoms with Gasteiger partial charge in [0.2, 0.25) is 0 Å². The van der Waals surface area contributed by atoms with Crippen LogP contribution in [0.25, 0.3) is 0 Å². The third kappa shape index (κ3) is 9.58. The number of carbonyl (C=O) groups excluding carboxylic acids is 2. The van der Waals surface area contributed by atoms with E-state index in [1.54, 1.807) is 26.0 Å². The normalized spacial score (nSPS) is 46.2. The van der Waals surface area contributed by atoms with Crippen LogP contribution in [-0.2, 0) is 47.5 Å². The number of carbonyl (C=O) groups is 2. The molecule has 16 atom stereocenters. The molecule has 0 radical (unpaired) electrons. The first-order valence-corrected chi connectivity index (χ1v) is 17.8. The summed E-state index contributed by atoms with van der Waals surface area (Å²) in [6, 6.07) is -0.162. The Kier molecular flexibility index (Phi) is 14.6. The largest absolute Gasteiger partial charge is 0.456 e. The number of hydrogen-bond acceptors (Lipinski definition) is 14. The molecule has 0 bridgehead atoms. The van der Waals surface area contributed by atoms with E-state index in [2.05, 4.69) is 0 Å². The van der Waals surface area contributed by atoms with Crippen LogP contribution in [0.5, 0.6) is 0 Å². The van der Waals surface area contributed by atoms with Crippen molar-refractivity contribution >= 4 is 11.8 Å². The fourth-order valence-electron chi connectivity index (χ4n) is 7.15. The molecule has 2 unspecified atom stereocenters. The zero-order chi connectivity index (χ0) is 36.9. The molecule has 4 aliphatic rings. The summed E-state index contributed by atoms with van der Waals surface area (Å²) in [7, 11) is 6.70. The Hall–Kier alpha value is -1.82. The Labute approximate surface area is 295 Å². The number of allylic oxidation sites excluding steroid dienone is 1. The number of nitrogens with zero attached hydrogens (tertiary/aromatic N) is 1. The maximum absolute atomic E-state index is 13.3. The van der Waals surface area contributed by atoms with Gasteiger partial charge in [-0.3, -0.25) is 4.79 Å². The van der Waals surface area contributed by atoms with Crippen LogP contribution in [0.15, 0.2) is 24.3 Å². The third-order valence-electron chi connectivity index (χ3n) is 10.5. The highest BCUT2D eigenvalue weighted by Crippen LogP contribution is 2.40. The SMILES string of the molecule is CCC1OC(=O)/C=C\[C@H](C)[C@@H](O[C@@H]2OC(C)C[C@H](N(C)C)[C@H]2O)CC[C@@H](C)C(=O)/C=C\[C@H]2O[C@H]2[C@]1(O)CO[C@@H]1O[C@H](C)[C@@H](O)[C@@H](OC)[C@H]1OC. The number of ether oxygens (including phenoxy) is 8. The van der Waals surface area contributed by atoms with Crippen LogP contribution in [0.3, 0.4) is 0 Å². The van der Waals surface area contributed by atoms with Gasteiger partial charge in [0.05, 0.1) is 24.9 Å². The Morgan fingerprint density at radius 3 is 2.26 bits per heavy atom. The van der Waals surface area contributed by atoms with E-state index in [-0.39, 0.29) is 42.8 Å². The Balaban J connectivity index is 1.57. The molecule has 0 aromatic rings. The van der Waals surface area contributed by atoms with E-state index in [1.807, 2.05) is 39.8 Å². The van der Waals surface area contributed by atoms with Gasteiger partial charge < -0.3 is 58.1 Å². The highest BCUT2D eigenvalue weighted by atomic mass is 16.7.